The zero-order chi connectivity index (χ0) is 15.0. The summed E-state index contributed by atoms with van der Waals surface area (Å²) in [4.78, 5) is 14.4. The molecule has 2 aliphatic carbocycles. The number of nitrogens with one attached hydrogen (secondary N) is 1. The van der Waals surface area contributed by atoms with Crippen LogP contribution in [0.1, 0.15) is 29.6 Å². The van der Waals surface area contributed by atoms with Gasteiger partial charge in [-0.05, 0) is 55.4 Å². The third-order valence-electron chi connectivity index (χ3n) is 5.24. The smallest absolute Gasteiger partial charge is 0.251 e. The maximum atomic E-state index is 12.4. The van der Waals surface area contributed by atoms with Crippen LogP contribution in [0.2, 0.25) is 0 Å². The Labute approximate surface area is 126 Å². The van der Waals surface area contributed by atoms with Crippen molar-refractivity contribution in [3.8, 4) is 0 Å². The number of carbonyl (C=O) groups is 1. The van der Waals surface area contributed by atoms with Gasteiger partial charge in [0, 0.05) is 43.9 Å². The number of fused-ring (bicyclic) bond motifs is 2. The summed E-state index contributed by atoms with van der Waals surface area (Å²) in [7, 11) is 3.96. The van der Waals surface area contributed by atoms with Crippen molar-refractivity contribution in [3.05, 3.63) is 29.8 Å². The fourth-order valence-electron chi connectivity index (χ4n) is 4.04. The van der Waals surface area contributed by atoms with Gasteiger partial charge in [-0.25, -0.2) is 0 Å². The van der Waals surface area contributed by atoms with Crippen LogP contribution in [0.4, 0.5) is 5.69 Å². The van der Waals surface area contributed by atoms with Crippen molar-refractivity contribution in [1.29, 1.82) is 0 Å². The molecule has 0 radical (unpaired) electrons. The van der Waals surface area contributed by atoms with Gasteiger partial charge in [0.1, 0.15) is 0 Å². The quantitative estimate of drug-likeness (QED) is 0.889. The molecule has 2 aliphatic rings. The fraction of sp³-hybridized carbons (Fsp3) is 0.588. The Kier molecular flexibility index (Phi) is 3.89. The van der Waals surface area contributed by atoms with Crippen LogP contribution in [0.3, 0.4) is 0 Å². The number of carbonyl (C=O) groups excluding carboxylic acids is 1. The summed E-state index contributed by atoms with van der Waals surface area (Å²) in [6.45, 7) is 0.186. The molecule has 4 unspecified atom stereocenters. The zero-order valence-electron chi connectivity index (χ0n) is 12.7. The summed E-state index contributed by atoms with van der Waals surface area (Å²) in [5.41, 5.74) is 1.78. The molecule has 1 amide bonds. The van der Waals surface area contributed by atoms with Crippen LogP contribution in [0.25, 0.3) is 0 Å². The van der Waals surface area contributed by atoms with Crippen LogP contribution < -0.4 is 10.2 Å². The maximum absolute atomic E-state index is 12.4. The number of anilines is 1. The normalized spacial score (nSPS) is 30.4. The molecule has 2 fully saturated rings. The molecule has 0 spiro atoms. The zero-order valence-corrected chi connectivity index (χ0v) is 12.7. The first-order valence-electron chi connectivity index (χ1n) is 7.79. The van der Waals surface area contributed by atoms with Crippen LogP contribution in [-0.4, -0.2) is 37.8 Å². The molecule has 0 aliphatic heterocycles. The lowest BCUT2D eigenvalue weighted by Crippen LogP contribution is -2.45. The summed E-state index contributed by atoms with van der Waals surface area (Å²) in [6.07, 6.45) is 3.56. The van der Waals surface area contributed by atoms with Crippen LogP contribution in [0.15, 0.2) is 24.3 Å². The van der Waals surface area contributed by atoms with E-state index < -0.39 is 0 Å². The lowest BCUT2D eigenvalue weighted by atomic mass is 9.85. The fourth-order valence-corrected chi connectivity index (χ4v) is 4.04. The Morgan fingerprint density at radius 2 is 1.90 bits per heavy atom. The van der Waals surface area contributed by atoms with Gasteiger partial charge in [-0.2, -0.15) is 0 Å². The molecule has 1 aromatic carbocycles. The Morgan fingerprint density at radius 3 is 2.52 bits per heavy atom. The van der Waals surface area contributed by atoms with E-state index in [4.69, 9.17) is 0 Å². The summed E-state index contributed by atoms with van der Waals surface area (Å²) < 4.78 is 0. The van der Waals surface area contributed by atoms with E-state index in [-0.39, 0.29) is 24.5 Å². The lowest BCUT2D eigenvalue weighted by molar-refractivity contribution is 0.0861. The van der Waals surface area contributed by atoms with Gasteiger partial charge in [0.05, 0.1) is 0 Å². The highest BCUT2D eigenvalue weighted by Crippen LogP contribution is 2.48. The monoisotopic (exact) mass is 288 g/mol. The first-order chi connectivity index (χ1) is 10.1. The summed E-state index contributed by atoms with van der Waals surface area (Å²) >= 11 is 0. The molecule has 2 bridgehead atoms. The van der Waals surface area contributed by atoms with E-state index in [2.05, 4.69) is 5.32 Å². The highest BCUT2D eigenvalue weighted by Gasteiger charge is 2.47. The van der Waals surface area contributed by atoms with Crippen LogP contribution in [-0.2, 0) is 0 Å². The summed E-state index contributed by atoms with van der Waals surface area (Å²) in [5.74, 6) is 1.38. The predicted molar refractivity (Wildman–Crippen MR) is 83.4 cm³/mol. The van der Waals surface area contributed by atoms with Crippen molar-refractivity contribution in [1.82, 2.24) is 5.32 Å². The number of amides is 1. The number of rotatable bonds is 4. The number of benzene rings is 1. The molecule has 0 aromatic heterocycles. The third kappa shape index (κ3) is 2.64. The van der Waals surface area contributed by atoms with E-state index in [1.807, 2.05) is 43.3 Å². The van der Waals surface area contributed by atoms with E-state index in [0.29, 0.717) is 17.4 Å². The molecule has 21 heavy (non-hydrogen) atoms. The first kappa shape index (κ1) is 14.4. The van der Waals surface area contributed by atoms with Crippen molar-refractivity contribution in [3.63, 3.8) is 0 Å². The van der Waals surface area contributed by atoms with E-state index in [0.717, 1.165) is 12.1 Å². The van der Waals surface area contributed by atoms with E-state index in [1.165, 1.54) is 12.8 Å². The standard InChI is InChI=1S/C17H24N2O2/c1-19(2)14-7-5-11(6-8-14)17(21)18-16-13-4-3-12(9-13)15(16)10-20/h5-8,12-13,15-16,20H,3-4,9-10H2,1-2H3,(H,18,21). The van der Waals surface area contributed by atoms with E-state index >= 15 is 0 Å². The van der Waals surface area contributed by atoms with Gasteiger partial charge >= 0.3 is 0 Å². The number of aliphatic hydroxyl groups is 1. The molecule has 0 heterocycles. The van der Waals surface area contributed by atoms with E-state index in [1.54, 1.807) is 0 Å². The predicted octanol–water partition coefficient (Wildman–Crippen LogP) is 1.89. The summed E-state index contributed by atoms with van der Waals surface area (Å²) in [6, 6.07) is 7.80. The Balaban J connectivity index is 1.68. The van der Waals surface area contributed by atoms with Crippen molar-refractivity contribution in [2.45, 2.75) is 25.3 Å². The molecule has 114 valence electrons. The Hall–Kier alpha value is -1.55. The molecular formula is C17H24N2O2. The SMILES string of the molecule is CN(C)c1ccc(C(=O)NC2C3CCC(C3)C2CO)cc1. The van der Waals surface area contributed by atoms with Gasteiger partial charge in [-0.15, -0.1) is 0 Å². The second kappa shape index (κ2) is 5.68. The van der Waals surface area contributed by atoms with Crippen LogP contribution in [0, 0.1) is 17.8 Å². The van der Waals surface area contributed by atoms with Crippen molar-refractivity contribution in [2.24, 2.45) is 17.8 Å². The van der Waals surface area contributed by atoms with Crippen LogP contribution >= 0.6 is 0 Å². The van der Waals surface area contributed by atoms with E-state index in [9.17, 15) is 9.90 Å². The van der Waals surface area contributed by atoms with Gasteiger partial charge in [0.2, 0.25) is 0 Å². The molecule has 4 nitrogen and oxygen atoms in total. The number of aliphatic hydroxyl groups excluding tert-OH is 1. The second-order valence-electron chi connectivity index (χ2n) is 6.62. The highest BCUT2D eigenvalue weighted by atomic mass is 16.3. The van der Waals surface area contributed by atoms with Gasteiger partial charge in [-0.1, -0.05) is 0 Å². The van der Waals surface area contributed by atoms with Gasteiger partial charge in [0.15, 0.2) is 0 Å². The molecule has 4 atom stereocenters. The molecule has 1 aromatic rings. The van der Waals surface area contributed by atoms with Crippen molar-refractivity contribution < 1.29 is 9.90 Å². The number of hydrogen-bond acceptors (Lipinski definition) is 3. The lowest BCUT2D eigenvalue weighted by Gasteiger charge is -2.30. The average molecular weight is 288 g/mol. The molecule has 4 heteroatoms. The second-order valence-corrected chi connectivity index (χ2v) is 6.62. The summed E-state index contributed by atoms with van der Waals surface area (Å²) in [5, 5.41) is 12.7. The van der Waals surface area contributed by atoms with Crippen molar-refractivity contribution in [2.75, 3.05) is 25.6 Å². The first-order valence-corrected chi connectivity index (χ1v) is 7.79. The minimum atomic E-state index is -0.0173. The van der Waals surface area contributed by atoms with Crippen LogP contribution in [0.5, 0.6) is 0 Å². The number of nitrogens with zero attached hydrogens (tertiary/aromatic N) is 1. The largest absolute Gasteiger partial charge is 0.396 e. The third-order valence-corrected chi connectivity index (χ3v) is 5.24. The van der Waals surface area contributed by atoms with Gasteiger partial charge in [-0.3, -0.25) is 4.79 Å². The topological polar surface area (TPSA) is 52.6 Å². The van der Waals surface area contributed by atoms with Gasteiger partial charge in [0.25, 0.3) is 5.91 Å². The molecular weight excluding hydrogens is 264 g/mol. The Bertz CT molecular complexity index is 512. The molecule has 2 saturated carbocycles. The minimum absolute atomic E-state index is 0.0173. The van der Waals surface area contributed by atoms with Crippen molar-refractivity contribution >= 4 is 11.6 Å². The number of hydrogen-bond donors (Lipinski definition) is 2. The molecule has 3 rings (SSSR count). The maximum Gasteiger partial charge on any atom is 0.251 e. The molecule has 0 saturated heterocycles. The average Bonchev–Trinajstić information content (AvgIpc) is 3.08. The Morgan fingerprint density at radius 1 is 1.24 bits per heavy atom. The molecule has 2 N–H and O–H groups in total. The highest BCUT2D eigenvalue weighted by molar-refractivity contribution is 5.94. The van der Waals surface area contributed by atoms with Gasteiger partial charge < -0.3 is 15.3 Å². The minimum Gasteiger partial charge on any atom is -0.396 e.